The van der Waals surface area contributed by atoms with Gasteiger partial charge in [0.1, 0.15) is 5.01 Å². The Kier molecular flexibility index (Phi) is 5.97. The van der Waals surface area contributed by atoms with Crippen molar-refractivity contribution in [3.05, 3.63) is 90.0 Å². The van der Waals surface area contributed by atoms with Crippen molar-refractivity contribution in [2.75, 3.05) is 5.32 Å². The van der Waals surface area contributed by atoms with Crippen LogP contribution in [0.25, 0.3) is 26.9 Å². The lowest BCUT2D eigenvalue weighted by molar-refractivity contribution is -0.115. The van der Waals surface area contributed by atoms with Crippen molar-refractivity contribution in [2.24, 2.45) is 0 Å². The Morgan fingerprint density at radius 1 is 1.00 bits per heavy atom. The molecule has 4 nitrogen and oxygen atoms in total. The lowest BCUT2D eigenvalue weighted by atomic mass is 10.1. The molecule has 0 unspecified atom stereocenters. The molecule has 0 bridgehead atoms. The van der Waals surface area contributed by atoms with Crippen molar-refractivity contribution < 1.29 is 4.79 Å². The summed E-state index contributed by atoms with van der Waals surface area (Å²) in [7, 11) is 0. The van der Waals surface area contributed by atoms with Crippen LogP contribution in [0.2, 0.25) is 0 Å². The minimum atomic E-state index is -0.281. The highest BCUT2D eigenvalue weighted by Gasteiger charge is 2.12. The lowest BCUT2D eigenvalue weighted by Gasteiger charge is -2.13. The predicted octanol–water partition coefficient (Wildman–Crippen LogP) is 5.80. The Bertz CT molecular complexity index is 1210. The SMILES string of the molecule is Cc1c(NC(=S)NC(=O)C=Cc2ccccc2)cccc1-c1nc2ccccc2s1. The van der Waals surface area contributed by atoms with Crippen LogP contribution in [0, 0.1) is 6.92 Å². The molecular formula is C24H19N3OS2. The van der Waals surface area contributed by atoms with E-state index in [9.17, 15) is 4.79 Å². The summed E-state index contributed by atoms with van der Waals surface area (Å²) >= 11 is 6.98. The number of thiocarbonyl (C=S) groups is 1. The number of amides is 1. The number of carbonyl (C=O) groups excluding carboxylic acids is 1. The van der Waals surface area contributed by atoms with Crippen LogP contribution in [0.1, 0.15) is 11.1 Å². The summed E-state index contributed by atoms with van der Waals surface area (Å²) in [6.07, 6.45) is 3.21. The van der Waals surface area contributed by atoms with Gasteiger partial charge in [-0.1, -0.05) is 54.6 Å². The van der Waals surface area contributed by atoms with Crippen LogP contribution in [-0.4, -0.2) is 16.0 Å². The van der Waals surface area contributed by atoms with Crippen molar-refractivity contribution in [3.63, 3.8) is 0 Å². The first-order valence-electron chi connectivity index (χ1n) is 9.41. The molecule has 6 heteroatoms. The first kappa shape index (κ1) is 19.9. The minimum Gasteiger partial charge on any atom is -0.332 e. The lowest BCUT2D eigenvalue weighted by Crippen LogP contribution is -2.33. The van der Waals surface area contributed by atoms with Gasteiger partial charge in [0.25, 0.3) is 0 Å². The highest BCUT2D eigenvalue weighted by molar-refractivity contribution is 7.80. The highest BCUT2D eigenvalue weighted by Crippen LogP contribution is 2.34. The van der Waals surface area contributed by atoms with E-state index in [0.29, 0.717) is 0 Å². The second-order valence-electron chi connectivity index (χ2n) is 6.65. The van der Waals surface area contributed by atoms with Gasteiger partial charge in [-0.15, -0.1) is 11.3 Å². The zero-order valence-electron chi connectivity index (χ0n) is 16.3. The fraction of sp³-hybridized carbons (Fsp3) is 0.0417. The molecule has 1 amide bonds. The summed E-state index contributed by atoms with van der Waals surface area (Å²) in [4.78, 5) is 16.9. The maximum Gasteiger partial charge on any atom is 0.250 e. The zero-order valence-corrected chi connectivity index (χ0v) is 17.9. The Morgan fingerprint density at radius 3 is 2.57 bits per heavy atom. The van der Waals surface area contributed by atoms with Crippen molar-refractivity contribution in [1.29, 1.82) is 0 Å². The molecule has 0 atom stereocenters. The van der Waals surface area contributed by atoms with Gasteiger partial charge in [-0.05, 0) is 54.5 Å². The normalized spacial score (nSPS) is 11.0. The molecular weight excluding hydrogens is 410 g/mol. The van der Waals surface area contributed by atoms with Gasteiger partial charge in [0.15, 0.2) is 5.11 Å². The number of hydrogen-bond acceptors (Lipinski definition) is 4. The molecule has 2 N–H and O–H groups in total. The monoisotopic (exact) mass is 429 g/mol. The third kappa shape index (κ3) is 4.62. The summed E-state index contributed by atoms with van der Waals surface area (Å²) in [5, 5.41) is 7.02. The van der Waals surface area contributed by atoms with E-state index >= 15 is 0 Å². The molecule has 4 rings (SSSR count). The van der Waals surface area contributed by atoms with Crippen LogP contribution >= 0.6 is 23.6 Å². The molecule has 1 heterocycles. The number of nitrogens with one attached hydrogen (secondary N) is 2. The van der Waals surface area contributed by atoms with Gasteiger partial charge in [-0.2, -0.15) is 0 Å². The van der Waals surface area contributed by atoms with Crippen molar-refractivity contribution in [1.82, 2.24) is 10.3 Å². The van der Waals surface area contributed by atoms with Gasteiger partial charge < -0.3 is 5.32 Å². The van der Waals surface area contributed by atoms with Gasteiger partial charge in [-0.25, -0.2) is 4.98 Å². The molecule has 0 fully saturated rings. The number of fused-ring (bicyclic) bond motifs is 1. The van der Waals surface area contributed by atoms with E-state index < -0.39 is 0 Å². The van der Waals surface area contributed by atoms with Crippen LogP contribution in [0.5, 0.6) is 0 Å². The number of para-hydroxylation sites is 1. The third-order valence-electron chi connectivity index (χ3n) is 4.57. The number of anilines is 1. The first-order valence-corrected chi connectivity index (χ1v) is 10.6. The van der Waals surface area contributed by atoms with E-state index in [1.165, 1.54) is 6.08 Å². The molecule has 1 aromatic heterocycles. The van der Waals surface area contributed by atoms with Crippen LogP contribution in [0.15, 0.2) is 78.9 Å². The average Bonchev–Trinajstić information content (AvgIpc) is 3.18. The van der Waals surface area contributed by atoms with Gasteiger partial charge in [-0.3, -0.25) is 10.1 Å². The molecule has 0 radical (unpaired) electrons. The second kappa shape index (κ2) is 8.98. The zero-order chi connectivity index (χ0) is 20.9. The Morgan fingerprint density at radius 2 is 1.77 bits per heavy atom. The highest BCUT2D eigenvalue weighted by atomic mass is 32.1. The van der Waals surface area contributed by atoms with Crippen LogP contribution in [0.4, 0.5) is 5.69 Å². The average molecular weight is 430 g/mol. The van der Waals surface area contributed by atoms with E-state index in [4.69, 9.17) is 17.2 Å². The molecule has 4 aromatic rings. The minimum absolute atomic E-state index is 0.252. The van der Waals surface area contributed by atoms with Gasteiger partial charge in [0, 0.05) is 17.3 Å². The molecule has 0 aliphatic rings. The van der Waals surface area contributed by atoms with Crippen molar-refractivity contribution >= 4 is 56.6 Å². The van der Waals surface area contributed by atoms with E-state index in [0.717, 1.165) is 37.6 Å². The maximum atomic E-state index is 12.2. The summed E-state index contributed by atoms with van der Waals surface area (Å²) in [5.41, 5.74) is 4.84. The molecule has 0 aliphatic carbocycles. The summed E-state index contributed by atoms with van der Waals surface area (Å²) < 4.78 is 1.15. The topological polar surface area (TPSA) is 54.0 Å². The van der Waals surface area contributed by atoms with Crippen LogP contribution in [-0.2, 0) is 4.79 Å². The van der Waals surface area contributed by atoms with Gasteiger partial charge in [0.05, 0.1) is 10.2 Å². The Hall–Kier alpha value is -3.35. The molecule has 0 saturated carbocycles. The Balaban J connectivity index is 1.47. The number of rotatable bonds is 4. The third-order valence-corrected chi connectivity index (χ3v) is 5.84. The molecule has 0 saturated heterocycles. The number of nitrogens with zero attached hydrogens (tertiary/aromatic N) is 1. The van der Waals surface area contributed by atoms with E-state index in [1.54, 1.807) is 17.4 Å². The van der Waals surface area contributed by atoms with E-state index in [-0.39, 0.29) is 11.0 Å². The van der Waals surface area contributed by atoms with Gasteiger partial charge >= 0.3 is 0 Å². The fourth-order valence-electron chi connectivity index (χ4n) is 3.03. The first-order chi connectivity index (χ1) is 14.6. The Labute approximate surface area is 184 Å². The smallest absolute Gasteiger partial charge is 0.250 e. The number of carbonyl (C=O) groups is 1. The number of aromatic nitrogens is 1. The van der Waals surface area contributed by atoms with E-state index in [1.807, 2.05) is 73.7 Å². The molecule has 0 spiro atoms. The fourth-order valence-corrected chi connectivity index (χ4v) is 4.29. The summed E-state index contributed by atoms with van der Waals surface area (Å²) in [6, 6.07) is 23.7. The van der Waals surface area contributed by atoms with Crippen molar-refractivity contribution in [3.8, 4) is 10.6 Å². The standard InChI is InChI=1S/C24H19N3OS2/c1-16-18(23-25-20-11-5-6-13-21(20)30-23)10-7-12-19(16)26-24(29)27-22(28)15-14-17-8-3-2-4-9-17/h2-15H,1H3,(H2,26,27,28,29). The number of benzene rings is 3. The maximum absolute atomic E-state index is 12.2. The van der Waals surface area contributed by atoms with Gasteiger partial charge in [0.2, 0.25) is 5.91 Å². The number of hydrogen-bond donors (Lipinski definition) is 2. The number of thiazole rings is 1. The molecule has 148 valence electrons. The molecule has 0 aliphatic heterocycles. The summed E-state index contributed by atoms with van der Waals surface area (Å²) in [6.45, 7) is 2.02. The van der Waals surface area contributed by atoms with E-state index in [2.05, 4.69) is 16.7 Å². The van der Waals surface area contributed by atoms with Crippen molar-refractivity contribution in [2.45, 2.75) is 6.92 Å². The molecule has 3 aromatic carbocycles. The summed E-state index contributed by atoms with van der Waals surface area (Å²) in [5.74, 6) is -0.281. The molecule has 30 heavy (non-hydrogen) atoms. The largest absolute Gasteiger partial charge is 0.332 e. The van der Waals surface area contributed by atoms with Crippen LogP contribution in [0.3, 0.4) is 0 Å². The predicted molar refractivity (Wildman–Crippen MR) is 130 cm³/mol. The quantitative estimate of drug-likeness (QED) is 0.318. The second-order valence-corrected chi connectivity index (χ2v) is 8.09. The van der Waals surface area contributed by atoms with Crippen LogP contribution < -0.4 is 10.6 Å².